The Labute approximate surface area is 121 Å². The standard InChI is InChI=1S/C9H13N.C9H10O/c2*1-2-9(10)8-6-4-3-5-7-8/h3-7,9H,2,10H2,1H3;3-7H,2H2,1H3/t9-;/m1./s1. The van der Waals surface area contributed by atoms with Gasteiger partial charge >= 0.3 is 0 Å². The summed E-state index contributed by atoms with van der Waals surface area (Å²) < 4.78 is 0. The van der Waals surface area contributed by atoms with Crippen LogP contribution in [0.5, 0.6) is 0 Å². The Morgan fingerprint density at radius 1 is 0.950 bits per heavy atom. The maximum absolute atomic E-state index is 11.0. The molecular formula is C18H23NO. The highest BCUT2D eigenvalue weighted by atomic mass is 16.1. The first-order chi connectivity index (χ1) is 9.69. The number of hydrogen-bond donors (Lipinski definition) is 1. The highest BCUT2D eigenvalue weighted by molar-refractivity contribution is 5.95. The van der Waals surface area contributed by atoms with E-state index in [-0.39, 0.29) is 11.8 Å². The van der Waals surface area contributed by atoms with Gasteiger partial charge in [0.25, 0.3) is 0 Å². The summed E-state index contributed by atoms with van der Waals surface area (Å²) in [6.45, 7) is 3.97. The van der Waals surface area contributed by atoms with E-state index < -0.39 is 0 Å². The zero-order valence-corrected chi connectivity index (χ0v) is 12.3. The molecule has 20 heavy (non-hydrogen) atoms. The van der Waals surface area contributed by atoms with Crippen LogP contribution >= 0.6 is 0 Å². The van der Waals surface area contributed by atoms with Crippen LogP contribution in [0.4, 0.5) is 0 Å². The van der Waals surface area contributed by atoms with Crippen LogP contribution in [0.25, 0.3) is 0 Å². The molecule has 0 aliphatic carbocycles. The van der Waals surface area contributed by atoms with Gasteiger partial charge in [-0.2, -0.15) is 0 Å². The fourth-order valence-corrected chi connectivity index (χ4v) is 1.76. The van der Waals surface area contributed by atoms with Gasteiger partial charge in [-0.3, -0.25) is 4.79 Å². The van der Waals surface area contributed by atoms with Crippen molar-refractivity contribution in [1.29, 1.82) is 0 Å². The summed E-state index contributed by atoms with van der Waals surface area (Å²) in [6, 6.07) is 19.7. The topological polar surface area (TPSA) is 43.1 Å². The van der Waals surface area contributed by atoms with Crippen molar-refractivity contribution in [2.75, 3.05) is 0 Å². The third-order valence-electron chi connectivity index (χ3n) is 3.08. The zero-order chi connectivity index (χ0) is 14.8. The molecule has 0 aromatic heterocycles. The molecule has 0 unspecified atom stereocenters. The lowest BCUT2D eigenvalue weighted by molar-refractivity contribution is 0.0988. The van der Waals surface area contributed by atoms with Gasteiger partial charge in [0, 0.05) is 18.0 Å². The van der Waals surface area contributed by atoms with E-state index in [1.165, 1.54) is 5.56 Å². The molecule has 2 rings (SSSR count). The van der Waals surface area contributed by atoms with E-state index in [0.29, 0.717) is 6.42 Å². The number of carbonyl (C=O) groups excluding carboxylic acids is 1. The zero-order valence-electron chi connectivity index (χ0n) is 12.3. The molecule has 0 amide bonds. The summed E-state index contributed by atoms with van der Waals surface area (Å²) in [5.74, 6) is 0.209. The Morgan fingerprint density at radius 3 is 1.90 bits per heavy atom. The van der Waals surface area contributed by atoms with Crippen molar-refractivity contribution in [3.05, 3.63) is 71.8 Å². The summed E-state index contributed by atoms with van der Waals surface area (Å²) in [5.41, 5.74) is 7.83. The number of ketones is 1. The molecular weight excluding hydrogens is 246 g/mol. The lowest BCUT2D eigenvalue weighted by atomic mass is 10.1. The van der Waals surface area contributed by atoms with Gasteiger partial charge in [-0.05, 0) is 12.0 Å². The monoisotopic (exact) mass is 269 g/mol. The van der Waals surface area contributed by atoms with Crippen molar-refractivity contribution in [1.82, 2.24) is 0 Å². The van der Waals surface area contributed by atoms with Crippen molar-refractivity contribution >= 4 is 5.78 Å². The van der Waals surface area contributed by atoms with E-state index >= 15 is 0 Å². The van der Waals surface area contributed by atoms with E-state index in [1.807, 2.05) is 55.5 Å². The van der Waals surface area contributed by atoms with Crippen LogP contribution in [0.1, 0.15) is 48.7 Å². The molecule has 0 bridgehead atoms. The van der Waals surface area contributed by atoms with Crippen LogP contribution in [-0.4, -0.2) is 5.78 Å². The fourth-order valence-electron chi connectivity index (χ4n) is 1.76. The van der Waals surface area contributed by atoms with Crippen LogP contribution in [0.3, 0.4) is 0 Å². The smallest absolute Gasteiger partial charge is 0.162 e. The van der Waals surface area contributed by atoms with Gasteiger partial charge in [0.15, 0.2) is 5.78 Å². The number of carbonyl (C=O) groups is 1. The number of nitrogens with two attached hydrogens (primary N) is 1. The molecule has 0 spiro atoms. The summed E-state index contributed by atoms with van der Waals surface area (Å²) in [6.07, 6.45) is 1.59. The lowest BCUT2D eigenvalue weighted by Gasteiger charge is -2.06. The molecule has 2 aromatic carbocycles. The summed E-state index contributed by atoms with van der Waals surface area (Å²) in [7, 11) is 0. The van der Waals surface area contributed by atoms with Gasteiger partial charge < -0.3 is 5.73 Å². The van der Waals surface area contributed by atoms with Crippen LogP contribution in [0.15, 0.2) is 60.7 Å². The molecule has 0 aliphatic heterocycles. The van der Waals surface area contributed by atoms with Gasteiger partial charge in [-0.15, -0.1) is 0 Å². The summed E-state index contributed by atoms with van der Waals surface area (Å²) in [5, 5.41) is 0. The highest BCUT2D eigenvalue weighted by Gasteiger charge is 1.99. The van der Waals surface area contributed by atoms with E-state index in [0.717, 1.165) is 12.0 Å². The van der Waals surface area contributed by atoms with E-state index in [4.69, 9.17) is 5.73 Å². The third kappa shape index (κ3) is 5.37. The van der Waals surface area contributed by atoms with Gasteiger partial charge in [0.05, 0.1) is 0 Å². The second-order valence-corrected chi connectivity index (χ2v) is 4.57. The molecule has 0 fully saturated rings. The van der Waals surface area contributed by atoms with Crippen LogP contribution in [-0.2, 0) is 0 Å². The Hall–Kier alpha value is -1.93. The molecule has 2 heteroatoms. The quantitative estimate of drug-likeness (QED) is 0.837. The van der Waals surface area contributed by atoms with Gasteiger partial charge in [0.2, 0.25) is 0 Å². The van der Waals surface area contributed by atoms with Crippen LogP contribution < -0.4 is 5.73 Å². The number of rotatable bonds is 4. The normalized spacial score (nSPS) is 11.2. The second-order valence-electron chi connectivity index (χ2n) is 4.57. The third-order valence-corrected chi connectivity index (χ3v) is 3.08. The largest absolute Gasteiger partial charge is 0.324 e. The lowest BCUT2D eigenvalue weighted by Crippen LogP contribution is -2.07. The molecule has 0 radical (unpaired) electrons. The van der Waals surface area contributed by atoms with Crippen molar-refractivity contribution in [2.24, 2.45) is 5.73 Å². The molecule has 2 nitrogen and oxygen atoms in total. The summed E-state index contributed by atoms with van der Waals surface area (Å²) in [4.78, 5) is 11.0. The average Bonchev–Trinajstić information content (AvgIpc) is 2.55. The molecule has 2 N–H and O–H groups in total. The molecule has 1 atom stereocenters. The molecule has 2 aromatic rings. The number of benzene rings is 2. The molecule has 0 aliphatic rings. The molecule has 0 saturated carbocycles. The van der Waals surface area contributed by atoms with Crippen LogP contribution in [0.2, 0.25) is 0 Å². The Bertz CT molecular complexity index is 493. The second kappa shape index (κ2) is 9.05. The van der Waals surface area contributed by atoms with E-state index in [9.17, 15) is 4.79 Å². The maximum atomic E-state index is 11.0. The van der Waals surface area contributed by atoms with Gasteiger partial charge in [0.1, 0.15) is 0 Å². The van der Waals surface area contributed by atoms with Crippen molar-refractivity contribution in [3.63, 3.8) is 0 Å². The number of hydrogen-bond acceptors (Lipinski definition) is 2. The Kier molecular flexibility index (Phi) is 7.30. The first kappa shape index (κ1) is 16.1. The first-order valence-corrected chi connectivity index (χ1v) is 7.07. The molecule has 0 heterocycles. The summed E-state index contributed by atoms with van der Waals surface area (Å²) >= 11 is 0. The van der Waals surface area contributed by atoms with Crippen molar-refractivity contribution in [2.45, 2.75) is 32.7 Å². The van der Waals surface area contributed by atoms with Crippen molar-refractivity contribution < 1.29 is 4.79 Å². The Balaban J connectivity index is 0.000000200. The minimum absolute atomic E-state index is 0.209. The molecule has 0 saturated heterocycles. The Morgan fingerprint density at radius 2 is 1.45 bits per heavy atom. The predicted octanol–water partition coefficient (Wildman–Crippen LogP) is 4.38. The van der Waals surface area contributed by atoms with Crippen molar-refractivity contribution in [3.8, 4) is 0 Å². The first-order valence-electron chi connectivity index (χ1n) is 7.07. The fraction of sp³-hybridized carbons (Fsp3) is 0.278. The van der Waals surface area contributed by atoms with Gasteiger partial charge in [-0.25, -0.2) is 0 Å². The minimum atomic E-state index is 0.209. The van der Waals surface area contributed by atoms with Crippen LogP contribution in [0, 0.1) is 0 Å². The maximum Gasteiger partial charge on any atom is 0.162 e. The molecule has 106 valence electrons. The van der Waals surface area contributed by atoms with E-state index in [2.05, 4.69) is 19.1 Å². The predicted molar refractivity (Wildman–Crippen MR) is 84.7 cm³/mol. The van der Waals surface area contributed by atoms with Gasteiger partial charge in [-0.1, -0.05) is 74.5 Å². The SMILES string of the molecule is CCC(=O)c1ccccc1.CC[C@@H](N)c1ccccc1. The van der Waals surface area contributed by atoms with E-state index in [1.54, 1.807) is 0 Å². The highest BCUT2D eigenvalue weighted by Crippen LogP contribution is 2.11. The minimum Gasteiger partial charge on any atom is -0.324 e. The average molecular weight is 269 g/mol. The number of Topliss-reactive ketones (excluding diaryl/α,β-unsaturated/α-hetero) is 1.